The van der Waals surface area contributed by atoms with E-state index in [1.54, 1.807) is 10.9 Å². The van der Waals surface area contributed by atoms with Crippen molar-refractivity contribution >= 4 is 5.97 Å². The Balaban J connectivity index is 2.72. The molecule has 0 aliphatic carbocycles. The van der Waals surface area contributed by atoms with Gasteiger partial charge in [0.05, 0.1) is 6.20 Å². The van der Waals surface area contributed by atoms with Crippen LogP contribution in [-0.4, -0.2) is 20.9 Å². The Morgan fingerprint density at radius 3 is 2.86 bits per heavy atom. The molecule has 78 valence electrons. The van der Waals surface area contributed by atoms with Gasteiger partial charge < -0.3 is 10.8 Å². The quantitative estimate of drug-likeness (QED) is 0.741. The maximum atomic E-state index is 10.6. The Kier molecular flexibility index (Phi) is 3.24. The van der Waals surface area contributed by atoms with E-state index >= 15 is 0 Å². The number of hydrogen-bond donors (Lipinski definition) is 2. The third-order valence-corrected chi connectivity index (χ3v) is 1.83. The third-order valence-electron chi connectivity index (χ3n) is 1.83. The van der Waals surface area contributed by atoms with Gasteiger partial charge >= 0.3 is 5.97 Å². The number of aromatic nitrogens is 2. The number of carbonyl (C=O) groups is 1. The Morgan fingerprint density at radius 2 is 2.36 bits per heavy atom. The summed E-state index contributed by atoms with van der Waals surface area (Å²) in [5.41, 5.74) is 5.97. The standard InChI is InChI=1S/C9H15N3O2/c1-6(2)4-12-5-7(3-11-12)8(10)9(13)14/h3,5-6,8H,4,10H2,1-2H3,(H,13,14). The van der Waals surface area contributed by atoms with Crippen molar-refractivity contribution in [3.05, 3.63) is 18.0 Å². The van der Waals surface area contributed by atoms with E-state index in [2.05, 4.69) is 18.9 Å². The first-order valence-corrected chi connectivity index (χ1v) is 4.51. The first-order chi connectivity index (χ1) is 6.50. The second kappa shape index (κ2) is 4.23. The van der Waals surface area contributed by atoms with E-state index in [1.165, 1.54) is 6.20 Å². The minimum atomic E-state index is -1.03. The average Bonchev–Trinajstić information content (AvgIpc) is 2.50. The van der Waals surface area contributed by atoms with Crippen LogP contribution in [0.15, 0.2) is 12.4 Å². The molecule has 0 bridgehead atoms. The second-order valence-corrected chi connectivity index (χ2v) is 3.71. The Labute approximate surface area is 82.5 Å². The molecule has 5 nitrogen and oxygen atoms in total. The van der Waals surface area contributed by atoms with E-state index in [-0.39, 0.29) is 0 Å². The van der Waals surface area contributed by atoms with Crippen molar-refractivity contribution in [2.45, 2.75) is 26.4 Å². The molecule has 0 fully saturated rings. The maximum Gasteiger partial charge on any atom is 0.325 e. The summed E-state index contributed by atoms with van der Waals surface area (Å²) in [7, 11) is 0. The van der Waals surface area contributed by atoms with Crippen LogP contribution in [0.2, 0.25) is 0 Å². The zero-order valence-electron chi connectivity index (χ0n) is 8.34. The van der Waals surface area contributed by atoms with E-state index in [4.69, 9.17) is 10.8 Å². The maximum absolute atomic E-state index is 10.6. The molecule has 1 rings (SSSR count). The molecular formula is C9H15N3O2. The van der Waals surface area contributed by atoms with Gasteiger partial charge in [0.1, 0.15) is 6.04 Å². The van der Waals surface area contributed by atoms with Gasteiger partial charge in [-0.05, 0) is 5.92 Å². The van der Waals surface area contributed by atoms with Crippen LogP contribution in [0.25, 0.3) is 0 Å². The molecule has 0 radical (unpaired) electrons. The summed E-state index contributed by atoms with van der Waals surface area (Å²) in [6, 6.07) is -0.976. The van der Waals surface area contributed by atoms with Gasteiger partial charge in [-0.2, -0.15) is 5.10 Å². The van der Waals surface area contributed by atoms with E-state index in [1.807, 2.05) is 0 Å². The number of carboxylic acids is 1. The third kappa shape index (κ3) is 2.56. The average molecular weight is 197 g/mol. The van der Waals surface area contributed by atoms with Crippen LogP contribution in [0.1, 0.15) is 25.5 Å². The van der Waals surface area contributed by atoms with Crippen LogP contribution in [0.4, 0.5) is 0 Å². The van der Waals surface area contributed by atoms with Gasteiger partial charge in [0, 0.05) is 18.3 Å². The summed E-state index contributed by atoms with van der Waals surface area (Å²) in [5, 5.41) is 12.7. The fraction of sp³-hybridized carbons (Fsp3) is 0.556. The predicted octanol–water partition coefficient (Wildman–Crippen LogP) is 0.623. The molecule has 0 aromatic carbocycles. The van der Waals surface area contributed by atoms with Crippen molar-refractivity contribution in [3.63, 3.8) is 0 Å². The molecule has 14 heavy (non-hydrogen) atoms. The van der Waals surface area contributed by atoms with Crippen molar-refractivity contribution in [1.29, 1.82) is 0 Å². The van der Waals surface area contributed by atoms with E-state index < -0.39 is 12.0 Å². The summed E-state index contributed by atoms with van der Waals surface area (Å²) in [6.07, 6.45) is 3.18. The Morgan fingerprint density at radius 1 is 1.71 bits per heavy atom. The fourth-order valence-corrected chi connectivity index (χ4v) is 1.16. The van der Waals surface area contributed by atoms with Gasteiger partial charge in [-0.25, -0.2) is 0 Å². The Bertz CT molecular complexity index is 320. The molecule has 0 amide bonds. The molecule has 0 aliphatic heterocycles. The summed E-state index contributed by atoms with van der Waals surface area (Å²) < 4.78 is 1.71. The molecule has 0 aliphatic rings. The molecule has 1 unspecified atom stereocenters. The normalized spacial score (nSPS) is 13.1. The smallest absolute Gasteiger partial charge is 0.325 e. The van der Waals surface area contributed by atoms with Crippen LogP contribution in [0.3, 0.4) is 0 Å². The number of rotatable bonds is 4. The van der Waals surface area contributed by atoms with E-state index in [0.717, 1.165) is 6.54 Å². The van der Waals surface area contributed by atoms with Gasteiger partial charge in [0.15, 0.2) is 0 Å². The molecule has 1 aromatic rings. The molecule has 1 heterocycles. The molecule has 1 atom stereocenters. The van der Waals surface area contributed by atoms with E-state index in [9.17, 15) is 4.79 Å². The number of aliphatic carboxylic acids is 1. The molecule has 5 heteroatoms. The monoisotopic (exact) mass is 197 g/mol. The van der Waals surface area contributed by atoms with Gasteiger partial charge in [0.2, 0.25) is 0 Å². The van der Waals surface area contributed by atoms with Crippen LogP contribution in [0, 0.1) is 5.92 Å². The highest BCUT2D eigenvalue weighted by Crippen LogP contribution is 2.09. The molecule has 1 aromatic heterocycles. The van der Waals surface area contributed by atoms with Crippen molar-refractivity contribution in [1.82, 2.24) is 9.78 Å². The summed E-state index contributed by atoms with van der Waals surface area (Å²) >= 11 is 0. The molecule has 0 saturated carbocycles. The van der Waals surface area contributed by atoms with Crippen molar-refractivity contribution < 1.29 is 9.90 Å². The number of carboxylic acid groups (broad SMARTS) is 1. The fourth-order valence-electron chi connectivity index (χ4n) is 1.16. The lowest BCUT2D eigenvalue weighted by Gasteiger charge is -2.04. The minimum absolute atomic E-state index is 0.476. The molecular weight excluding hydrogens is 182 g/mol. The largest absolute Gasteiger partial charge is 0.480 e. The second-order valence-electron chi connectivity index (χ2n) is 3.71. The highest BCUT2D eigenvalue weighted by atomic mass is 16.4. The zero-order valence-corrected chi connectivity index (χ0v) is 8.34. The van der Waals surface area contributed by atoms with Crippen LogP contribution >= 0.6 is 0 Å². The Hall–Kier alpha value is -1.36. The van der Waals surface area contributed by atoms with Gasteiger partial charge in [0.25, 0.3) is 0 Å². The summed E-state index contributed by atoms with van der Waals surface area (Å²) in [4.78, 5) is 10.6. The summed E-state index contributed by atoms with van der Waals surface area (Å²) in [5.74, 6) is -0.558. The minimum Gasteiger partial charge on any atom is -0.480 e. The molecule has 0 spiro atoms. The first kappa shape index (κ1) is 10.7. The lowest BCUT2D eigenvalue weighted by atomic mass is 10.2. The van der Waals surface area contributed by atoms with Gasteiger partial charge in [-0.1, -0.05) is 13.8 Å². The highest BCUT2D eigenvalue weighted by Gasteiger charge is 2.15. The van der Waals surface area contributed by atoms with Crippen molar-refractivity contribution in [2.24, 2.45) is 11.7 Å². The number of hydrogen-bond acceptors (Lipinski definition) is 3. The van der Waals surface area contributed by atoms with Gasteiger partial charge in [-0.15, -0.1) is 0 Å². The van der Waals surface area contributed by atoms with Crippen molar-refractivity contribution in [3.8, 4) is 0 Å². The van der Waals surface area contributed by atoms with Gasteiger partial charge in [-0.3, -0.25) is 9.48 Å². The lowest BCUT2D eigenvalue weighted by Crippen LogP contribution is -2.20. The predicted molar refractivity (Wildman–Crippen MR) is 51.6 cm³/mol. The topological polar surface area (TPSA) is 81.1 Å². The van der Waals surface area contributed by atoms with E-state index in [0.29, 0.717) is 11.5 Å². The number of nitrogens with two attached hydrogens (primary N) is 1. The van der Waals surface area contributed by atoms with Crippen LogP contribution < -0.4 is 5.73 Å². The molecule has 0 saturated heterocycles. The van der Waals surface area contributed by atoms with Crippen molar-refractivity contribution in [2.75, 3.05) is 0 Å². The summed E-state index contributed by atoms with van der Waals surface area (Å²) in [6.45, 7) is 4.91. The highest BCUT2D eigenvalue weighted by molar-refractivity contribution is 5.74. The first-order valence-electron chi connectivity index (χ1n) is 4.51. The molecule has 3 N–H and O–H groups in total. The number of nitrogens with zero attached hydrogens (tertiary/aromatic N) is 2. The lowest BCUT2D eigenvalue weighted by molar-refractivity contribution is -0.138. The van der Waals surface area contributed by atoms with Crippen LogP contribution in [-0.2, 0) is 11.3 Å². The SMILES string of the molecule is CC(C)Cn1cc(C(N)C(=O)O)cn1. The van der Waals surface area contributed by atoms with Crippen LogP contribution in [0.5, 0.6) is 0 Å². The zero-order chi connectivity index (χ0) is 10.7.